The Morgan fingerprint density at radius 2 is 2.09 bits per heavy atom. The van der Waals surface area contributed by atoms with Crippen molar-refractivity contribution >= 4 is 30.4 Å². The minimum Gasteiger partial charge on any atom is -0.507 e. The zero-order valence-electron chi connectivity index (χ0n) is 17.9. The van der Waals surface area contributed by atoms with Crippen LogP contribution in [0.1, 0.15) is 19.3 Å². The Balaban J connectivity index is 2.04. The quantitative estimate of drug-likeness (QED) is 0.413. The molecule has 0 radical (unpaired) electrons. The molecular formula is C21H21ClNO8P. The zero-order chi connectivity index (χ0) is 24.1. The van der Waals surface area contributed by atoms with Gasteiger partial charge in [0.1, 0.15) is 28.2 Å². The number of fused-ring (bicyclic) bond motifs is 1. The smallest absolute Gasteiger partial charge is 0.507 e. The van der Waals surface area contributed by atoms with Gasteiger partial charge in [-0.1, -0.05) is 23.7 Å². The molecule has 2 atom stereocenters. The number of aliphatic hydroxyl groups excluding tert-OH is 1. The third-order valence-corrected chi connectivity index (χ3v) is 6.20. The number of piperidine rings is 1. The summed E-state index contributed by atoms with van der Waals surface area (Å²) in [6.07, 6.45) is -0.476. The largest absolute Gasteiger partial charge is 0.524 e. The Morgan fingerprint density at radius 1 is 1.34 bits per heavy atom. The van der Waals surface area contributed by atoms with Crippen LogP contribution in [-0.4, -0.2) is 51.1 Å². The number of phosphoric acid groups is 1. The number of benzene rings is 2. The van der Waals surface area contributed by atoms with Crippen molar-refractivity contribution < 1.29 is 34.9 Å². The fraction of sp³-hybridized carbons (Fsp3) is 0.286. The van der Waals surface area contributed by atoms with Crippen molar-refractivity contribution in [3.05, 3.63) is 57.2 Å². The van der Waals surface area contributed by atoms with E-state index in [0.717, 1.165) is 12.1 Å². The van der Waals surface area contributed by atoms with Crippen LogP contribution in [0.4, 0.5) is 0 Å². The molecule has 1 saturated heterocycles. The number of aromatic hydroxyl groups is 1. The van der Waals surface area contributed by atoms with E-state index < -0.39 is 36.8 Å². The lowest BCUT2D eigenvalue weighted by Crippen LogP contribution is -2.40. The van der Waals surface area contributed by atoms with Gasteiger partial charge in [0.05, 0.1) is 12.5 Å². The molecule has 3 aromatic rings. The number of phenolic OH excluding ortho intramolecular Hbond substituents is 1. The van der Waals surface area contributed by atoms with Crippen LogP contribution in [0.2, 0.25) is 5.02 Å². The average molecular weight is 483 g/mol. The highest BCUT2D eigenvalue weighted by atomic mass is 35.5. The Labute approximate surface area is 189 Å². The predicted octanol–water partition coefficient (Wildman–Crippen LogP) is 3.07. The summed E-state index contributed by atoms with van der Waals surface area (Å²) in [7, 11) is -3.24. The standard InChI is InChI=1S/C21H21ClNO8P/c1-23-7-6-12(16(26)10-23)19-14(24)9-18(31-32(27,28)29)20-15(25)8-17(30-21(19)20)11-4-2-3-5-13(11)22/h2-5,8-9,12,16,24,26H,6-7,10H2,1H3,(H2,27,28,29)/i2D. The normalized spacial score (nSPS) is 20.3. The Morgan fingerprint density at radius 3 is 2.78 bits per heavy atom. The molecule has 4 N–H and O–H groups in total. The van der Waals surface area contributed by atoms with Gasteiger partial charge in [-0.15, -0.1) is 0 Å². The van der Waals surface area contributed by atoms with Crippen LogP contribution in [-0.2, 0) is 4.57 Å². The van der Waals surface area contributed by atoms with E-state index in [4.69, 9.17) is 17.4 Å². The molecule has 1 fully saturated rings. The molecule has 32 heavy (non-hydrogen) atoms. The number of hydrogen-bond donors (Lipinski definition) is 4. The maximum absolute atomic E-state index is 13.1. The van der Waals surface area contributed by atoms with E-state index in [1.165, 1.54) is 18.2 Å². The average Bonchev–Trinajstić information content (AvgIpc) is 2.69. The fourth-order valence-electron chi connectivity index (χ4n) is 4.02. The summed E-state index contributed by atoms with van der Waals surface area (Å²) in [5.41, 5.74) is -0.509. The second-order valence-corrected chi connectivity index (χ2v) is 9.27. The van der Waals surface area contributed by atoms with Gasteiger partial charge in [0.25, 0.3) is 0 Å². The number of β-amino-alcohol motifs (C(OH)–C–C–N with tert-alkyl or cyclic N) is 1. The van der Waals surface area contributed by atoms with Crippen molar-refractivity contribution in [2.45, 2.75) is 18.4 Å². The maximum Gasteiger partial charge on any atom is 0.524 e. The lowest BCUT2D eigenvalue weighted by Gasteiger charge is -2.34. The zero-order valence-corrected chi connectivity index (χ0v) is 18.5. The van der Waals surface area contributed by atoms with Gasteiger partial charge in [0.2, 0.25) is 0 Å². The van der Waals surface area contributed by atoms with Crippen molar-refractivity contribution in [2.75, 3.05) is 20.1 Å². The summed E-state index contributed by atoms with van der Waals surface area (Å²) in [4.78, 5) is 33.6. The summed E-state index contributed by atoms with van der Waals surface area (Å²) >= 11 is 6.24. The highest BCUT2D eigenvalue weighted by molar-refractivity contribution is 7.46. The molecule has 1 aromatic heterocycles. The molecule has 11 heteroatoms. The molecule has 1 aliphatic heterocycles. The van der Waals surface area contributed by atoms with E-state index in [-0.39, 0.29) is 38.9 Å². The molecule has 2 aromatic carbocycles. The Bertz CT molecular complexity index is 1340. The van der Waals surface area contributed by atoms with E-state index in [1.54, 1.807) is 0 Å². The highest BCUT2D eigenvalue weighted by Gasteiger charge is 2.34. The van der Waals surface area contributed by atoms with Gasteiger partial charge in [-0.05, 0) is 32.1 Å². The van der Waals surface area contributed by atoms with Crippen LogP contribution < -0.4 is 9.95 Å². The van der Waals surface area contributed by atoms with Gasteiger partial charge in [-0.3, -0.25) is 14.6 Å². The molecule has 4 rings (SSSR count). The first-order chi connectivity index (χ1) is 15.4. The van der Waals surface area contributed by atoms with Crippen molar-refractivity contribution in [3.8, 4) is 22.8 Å². The summed E-state index contributed by atoms with van der Waals surface area (Å²) in [5, 5.41) is 21.4. The van der Waals surface area contributed by atoms with Crippen LogP contribution in [0.3, 0.4) is 0 Å². The van der Waals surface area contributed by atoms with E-state index in [2.05, 4.69) is 4.52 Å². The molecule has 9 nitrogen and oxygen atoms in total. The predicted molar refractivity (Wildman–Crippen MR) is 118 cm³/mol. The van der Waals surface area contributed by atoms with Crippen molar-refractivity contribution in [2.24, 2.45) is 0 Å². The minimum atomic E-state index is -5.08. The number of aliphatic hydroxyl groups is 1. The number of rotatable bonds is 4. The molecule has 170 valence electrons. The van der Waals surface area contributed by atoms with Gasteiger partial charge in [-0.2, -0.15) is 0 Å². The Hall–Kier alpha value is -2.39. The third-order valence-electron chi connectivity index (χ3n) is 5.43. The number of phosphoric ester groups is 1. The number of phenols is 1. The van der Waals surface area contributed by atoms with Crippen molar-refractivity contribution in [1.82, 2.24) is 4.90 Å². The first-order valence-corrected chi connectivity index (χ1v) is 11.6. The number of nitrogens with zero attached hydrogens (tertiary/aromatic N) is 1. The molecule has 2 heterocycles. The number of likely N-dealkylation sites (N-methyl/N-ethyl adjacent to an activating group) is 1. The third kappa shape index (κ3) is 4.41. The first-order valence-electron chi connectivity index (χ1n) is 10.2. The van der Waals surface area contributed by atoms with Gasteiger partial charge in [-0.25, -0.2) is 4.57 Å². The van der Waals surface area contributed by atoms with Crippen LogP contribution in [0.5, 0.6) is 11.5 Å². The molecule has 1 aliphatic rings. The van der Waals surface area contributed by atoms with Gasteiger partial charge in [0.15, 0.2) is 5.43 Å². The van der Waals surface area contributed by atoms with Crippen LogP contribution in [0.15, 0.2) is 45.6 Å². The lowest BCUT2D eigenvalue weighted by molar-refractivity contribution is 0.0630. The molecule has 0 saturated carbocycles. The highest BCUT2D eigenvalue weighted by Crippen LogP contribution is 2.47. The maximum atomic E-state index is 13.1. The lowest BCUT2D eigenvalue weighted by atomic mass is 9.85. The summed E-state index contributed by atoms with van der Waals surface area (Å²) < 4.78 is 30.0. The summed E-state index contributed by atoms with van der Waals surface area (Å²) in [5.74, 6) is -1.63. The van der Waals surface area contributed by atoms with E-state index in [9.17, 15) is 29.4 Å². The molecule has 0 amide bonds. The second kappa shape index (κ2) is 8.51. The van der Waals surface area contributed by atoms with Crippen LogP contribution in [0, 0.1) is 0 Å². The summed E-state index contributed by atoms with van der Waals surface area (Å²) in [6.45, 7) is 0.906. The second-order valence-electron chi connectivity index (χ2n) is 7.70. The first kappa shape index (κ1) is 21.5. The number of halogens is 1. The van der Waals surface area contributed by atoms with Crippen LogP contribution in [0.25, 0.3) is 22.3 Å². The monoisotopic (exact) mass is 482 g/mol. The van der Waals surface area contributed by atoms with Crippen molar-refractivity contribution in [3.63, 3.8) is 0 Å². The number of likely N-dealkylation sites (tertiary alicyclic amines) is 1. The topological polar surface area (TPSA) is 141 Å². The fourth-order valence-corrected chi connectivity index (χ4v) is 4.64. The van der Waals surface area contributed by atoms with E-state index in [1.807, 2.05) is 11.9 Å². The van der Waals surface area contributed by atoms with E-state index in [0.29, 0.717) is 19.5 Å². The molecule has 0 spiro atoms. The van der Waals surface area contributed by atoms with Gasteiger partial charge < -0.3 is 24.1 Å². The molecule has 2 unspecified atom stereocenters. The Kier molecular flexibility index (Phi) is 5.71. The summed E-state index contributed by atoms with van der Waals surface area (Å²) in [6, 6.07) is 6.45. The minimum absolute atomic E-state index is 0.0111. The molecule has 0 aliphatic carbocycles. The molecular weight excluding hydrogens is 461 g/mol. The van der Waals surface area contributed by atoms with Crippen LogP contribution >= 0.6 is 19.4 Å². The van der Waals surface area contributed by atoms with Crippen molar-refractivity contribution in [1.29, 1.82) is 0 Å². The number of hydrogen-bond acceptors (Lipinski definition) is 7. The SMILES string of the molecule is [2H]c1ccc(Cl)c(-c2cc(=O)c3c(OP(=O)(O)O)cc(O)c(C4CCN(C)CC4O)c3o2)c1. The molecule has 0 bridgehead atoms. The van der Waals surface area contributed by atoms with Gasteiger partial charge in [0, 0.05) is 35.7 Å². The van der Waals surface area contributed by atoms with Gasteiger partial charge >= 0.3 is 7.82 Å². The van der Waals surface area contributed by atoms with E-state index >= 15 is 0 Å².